The zero-order valence-electron chi connectivity index (χ0n) is 14.7. The number of nitrogens with zero attached hydrogens (tertiary/aromatic N) is 4. The van der Waals surface area contributed by atoms with Crippen molar-refractivity contribution in [1.82, 2.24) is 14.3 Å². The van der Waals surface area contributed by atoms with Crippen LogP contribution in [0.25, 0.3) is 10.8 Å². The van der Waals surface area contributed by atoms with Gasteiger partial charge in [-0.2, -0.15) is 10.1 Å². The van der Waals surface area contributed by atoms with E-state index in [-0.39, 0.29) is 24.5 Å². The van der Waals surface area contributed by atoms with E-state index in [0.717, 1.165) is 4.68 Å². The normalized spacial score (nSPS) is 11.8. The molecule has 140 valence electrons. The van der Waals surface area contributed by atoms with Crippen LogP contribution in [0.3, 0.4) is 0 Å². The number of thiazole rings is 1. The van der Waals surface area contributed by atoms with Crippen molar-refractivity contribution in [3.05, 3.63) is 92.8 Å². The fourth-order valence-corrected chi connectivity index (χ4v) is 3.57. The van der Waals surface area contributed by atoms with E-state index >= 15 is 0 Å². The average Bonchev–Trinajstić information content (AvgIpc) is 3.12. The van der Waals surface area contributed by atoms with Gasteiger partial charge < -0.3 is 4.57 Å². The van der Waals surface area contributed by atoms with Crippen LogP contribution in [0.1, 0.15) is 5.56 Å². The maximum Gasteiger partial charge on any atom is 0.275 e. The van der Waals surface area contributed by atoms with E-state index in [2.05, 4.69) is 10.1 Å². The van der Waals surface area contributed by atoms with E-state index in [9.17, 15) is 14.0 Å². The maximum absolute atomic E-state index is 13.9. The fourth-order valence-electron chi connectivity index (χ4n) is 2.83. The second kappa shape index (κ2) is 7.69. The number of halogens is 1. The van der Waals surface area contributed by atoms with E-state index in [1.807, 2.05) is 6.07 Å². The number of rotatable bonds is 4. The van der Waals surface area contributed by atoms with Crippen LogP contribution in [-0.2, 0) is 17.9 Å². The van der Waals surface area contributed by atoms with E-state index < -0.39 is 5.91 Å². The Kier molecular flexibility index (Phi) is 4.94. The number of benzene rings is 2. The number of hydrogen-bond acceptors (Lipinski definition) is 4. The third-order valence-electron chi connectivity index (χ3n) is 4.23. The molecule has 2 aromatic carbocycles. The average molecular weight is 394 g/mol. The Morgan fingerprint density at radius 2 is 1.93 bits per heavy atom. The first-order valence-electron chi connectivity index (χ1n) is 8.51. The lowest BCUT2D eigenvalue weighted by molar-refractivity contribution is -0.118. The molecular formula is C20H15FN4O2S. The minimum Gasteiger partial charge on any atom is -0.319 e. The molecule has 0 bridgehead atoms. The van der Waals surface area contributed by atoms with Gasteiger partial charge in [0.1, 0.15) is 12.4 Å². The van der Waals surface area contributed by atoms with Crippen LogP contribution < -0.4 is 10.4 Å². The summed E-state index contributed by atoms with van der Waals surface area (Å²) in [7, 11) is 0. The van der Waals surface area contributed by atoms with Crippen LogP contribution in [0.2, 0.25) is 0 Å². The Balaban J connectivity index is 1.60. The lowest BCUT2D eigenvalue weighted by Crippen LogP contribution is -2.27. The van der Waals surface area contributed by atoms with Crippen LogP contribution in [-0.4, -0.2) is 20.3 Å². The first kappa shape index (κ1) is 18.0. The molecule has 4 aromatic rings. The van der Waals surface area contributed by atoms with Crippen LogP contribution in [0.4, 0.5) is 4.39 Å². The van der Waals surface area contributed by atoms with E-state index in [1.54, 1.807) is 58.7 Å². The largest absolute Gasteiger partial charge is 0.319 e. The van der Waals surface area contributed by atoms with E-state index in [1.165, 1.54) is 17.4 Å². The predicted octanol–water partition coefficient (Wildman–Crippen LogP) is 2.57. The molecule has 0 saturated carbocycles. The SMILES string of the molecule is O=C(Cn1ncc2ccccc2c1=O)N=c1sccn1Cc1ccccc1F. The standard InChI is InChI=1S/C20H15FN4O2S/c21-17-8-4-2-6-15(17)12-24-9-10-28-20(24)23-18(26)13-25-19(27)16-7-3-1-5-14(16)11-22-25/h1-11H,12-13H2. The first-order valence-corrected chi connectivity index (χ1v) is 9.39. The van der Waals surface area contributed by atoms with Gasteiger partial charge in [0.25, 0.3) is 11.5 Å². The van der Waals surface area contributed by atoms with Crippen molar-refractivity contribution < 1.29 is 9.18 Å². The smallest absolute Gasteiger partial charge is 0.275 e. The lowest BCUT2D eigenvalue weighted by Gasteiger charge is -2.05. The number of amides is 1. The van der Waals surface area contributed by atoms with Gasteiger partial charge in [0.05, 0.1) is 18.1 Å². The molecule has 2 aromatic heterocycles. The molecule has 0 fully saturated rings. The molecule has 0 aliphatic carbocycles. The van der Waals surface area contributed by atoms with Gasteiger partial charge in [-0.05, 0) is 12.1 Å². The minimum atomic E-state index is -0.505. The molecule has 1 amide bonds. The molecule has 4 rings (SSSR count). The number of hydrogen-bond donors (Lipinski definition) is 0. The maximum atomic E-state index is 13.9. The van der Waals surface area contributed by atoms with Gasteiger partial charge in [-0.25, -0.2) is 9.07 Å². The summed E-state index contributed by atoms with van der Waals surface area (Å²) in [6.07, 6.45) is 3.29. The summed E-state index contributed by atoms with van der Waals surface area (Å²) in [5.74, 6) is -0.819. The molecule has 0 unspecified atom stereocenters. The molecule has 0 aliphatic rings. The molecule has 2 heterocycles. The van der Waals surface area contributed by atoms with Gasteiger partial charge in [0, 0.05) is 22.5 Å². The summed E-state index contributed by atoms with van der Waals surface area (Å²) in [6, 6.07) is 13.5. The molecule has 0 atom stereocenters. The summed E-state index contributed by atoms with van der Waals surface area (Å²) in [5.41, 5.74) is 0.161. The molecule has 28 heavy (non-hydrogen) atoms. The highest BCUT2D eigenvalue weighted by molar-refractivity contribution is 7.07. The van der Waals surface area contributed by atoms with Crippen molar-refractivity contribution in [2.45, 2.75) is 13.1 Å². The van der Waals surface area contributed by atoms with Crippen LogP contribution >= 0.6 is 11.3 Å². The Morgan fingerprint density at radius 1 is 1.14 bits per heavy atom. The molecular weight excluding hydrogens is 379 g/mol. The highest BCUT2D eigenvalue weighted by Gasteiger charge is 2.09. The third kappa shape index (κ3) is 3.67. The highest BCUT2D eigenvalue weighted by atomic mass is 32.1. The molecule has 8 heteroatoms. The van der Waals surface area contributed by atoms with Crippen molar-refractivity contribution in [3.8, 4) is 0 Å². The first-order chi connectivity index (χ1) is 13.6. The Labute approximate surface area is 162 Å². The number of aromatic nitrogens is 3. The quantitative estimate of drug-likeness (QED) is 0.534. The zero-order chi connectivity index (χ0) is 19.5. The van der Waals surface area contributed by atoms with Crippen molar-refractivity contribution >= 4 is 28.0 Å². The molecule has 6 nitrogen and oxygen atoms in total. The molecule has 0 radical (unpaired) electrons. The van der Waals surface area contributed by atoms with E-state index in [0.29, 0.717) is 21.1 Å². The summed E-state index contributed by atoms with van der Waals surface area (Å²) in [6.45, 7) is -0.00226. The third-order valence-corrected chi connectivity index (χ3v) is 5.02. The van der Waals surface area contributed by atoms with Crippen LogP contribution in [0, 0.1) is 5.82 Å². The minimum absolute atomic E-state index is 0.260. The molecule has 0 N–H and O–H groups in total. The Hall–Kier alpha value is -3.39. The van der Waals surface area contributed by atoms with Gasteiger partial charge in [-0.3, -0.25) is 9.59 Å². The highest BCUT2D eigenvalue weighted by Crippen LogP contribution is 2.08. The summed E-state index contributed by atoms with van der Waals surface area (Å²) >= 11 is 1.27. The van der Waals surface area contributed by atoms with Gasteiger partial charge >= 0.3 is 0 Å². The fraction of sp³-hybridized carbons (Fsp3) is 0.100. The van der Waals surface area contributed by atoms with Crippen LogP contribution in [0.15, 0.2) is 76.1 Å². The molecule has 0 saturated heterocycles. The monoisotopic (exact) mass is 394 g/mol. The number of fused-ring (bicyclic) bond motifs is 1. The summed E-state index contributed by atoms with van der Waals surface area (Å²) < 4.78 is 16.7. The summed E-state index contributed by atoms with van der Waals surface area (Å²) in [5, 5.41) is 7.03. The van der Waals surface area contributed by atoms with Gasteiger partial charge in [0.15, 0.2) is 4.80 Å². The Morgan fingerprint density at radius 3 is 2.79 bits per heavy atom. The topological polar surface area (TPSA) is 69.2 Å². The van der Waals surface area contributed by atoms with Crippen molar-refractivity contribution in [1.29, 1.82) is 0 Å². The lowest BCUT2D eigenvalue weighted by atomic mass is 10.2. The number of carbonyl (C=O) groups is 1. The Bertz CT molecular complexity index is 1290. The zero-order valence-corrected chi connectivity index (χ0v) is 15.5. The van der Waals surface area contributed by atoms with Crippen molar-refractivity contribution in [2.75, 3.05) is 0 Å². The van der Waals surface area contributed by atoms with Crippen molar-refractivity contribution in [3.63, 3.8) is 0 Å². The second-order valence-electron chi connectivity index (χ2n) is 6.11. The molecule has 0 aliphatic heterocycles. The summed E-state index contributed by atoms with van der Waals surface area (Å²) in [4.78, 5) is 29.4. The number of carbonyl (C=O) groups excluding carboxylic acids is 1. The molecule has 0 spiro atoms. The van der Waals surface area contributed by atoms with Gasteiger partial charge in [-0.15, -0.1) is 11.3 Å². The predicted molar refractivity (Wildman–Crippen MR) is 104 cm³/mol. The second-order valence-corrected chi connectivity index (χ2v) is 6.98. The van der Waals surface area contributed by atoms with Gasteiger partial charge in [0.2, 0.25) is 0 Å². The van der Waals surface area contributed by atoms with Gasteiger partial charge in [-0.1, -0.05) is 36.4 Å². The van der Waals surface area contributed by atoms with Crippen molar-refractivity contribution in [2.24, 2.45) is 4.99 Å². The van der Waals surface area contributed by atoms with Crippen LogP contribution in [0.5, 0.6) is 0 Å². The van der Waals surface area contributed by atoms with E-state index in [4.69, 9.17) is 0 Å².